The van der Waals surface area contributed by atoms with Crippen LogP contribution in [0.25, 0.3) is 0 Å². The molecule has 0 saturated heterocycles. The van der Waals surface area contributed by atoms with Crippen LogP contribution in [0.15, 0.2) is 24.3 Å². The van der Waals surface area contributed by atoms with Crippen LogP contribution in [0.2, 0.25) is 0 Å². The summed E-state index contributed by atoms with van der Waals surface area (Å²) in [6.07, 6.45) is 3.70. The van der Waals surface area contributed by atoms with E-state index in [2.05, 4.69) is 45.0 Å². The zero-order chi connectivity index (χ0) is 16.2. The summed E-state index contributed by atoms with van der Waals surface area (Å²) < 4.78 is 5.41. The van der Waals surface area contributed by atoms with Crippen molar-refractivity contribution < 1.29 is 9.53 Å². The Kier molecular flexibility index (Phi) is 5.80. The van der Waals surface area contributed by atoms with E-state index in [9.17, 15) is 4.79 Å². The average molecular weight is 302 g/mol. The molecule has 1 aliphatic rings. The van der Waals surface area contributed by atoms with Crippen molar-refractivity contribution in [1.29, 1.82) is 0 Å². The molecule has 0 N–H and O–H groups in total. The van der Waals surface area contributed by atoms with Gasteiger partial charge in [-0.3, -0.25) is 4.79 Å². The second-order valence-electron chi connectivity index (χ2n) is 7.43. The Morgan fingerprint density at radius 1 is 1.18 bits per heavy atom. The lowest BCUT2D eigenvalue weighted by Gasteiger charge is -2.22. The van der Waals surface area contributed by atoms with Gasteiger partial charge in [0.1, 0.15) is 5.78 Å². The summed E-state index contributed by atoms with van der Waals surface area (Å²) in [6, 6.07) is 8.93. The van der Waals surface area contributed by atoms with Crippen molar-refractivity contribution in [2.75, 3.05) is 13.2 Å². The van der Waals surface area contributed by atoms with Crippen molar-refractivity contribution in [1.82, 2.24) is 0 Å². The Bertz CT molecular complexity index is 481. The lowest BCUT2D eigenvalue weighted by Crippen LogP contribution is -2.15. The van der Waals surface area contributed by atoms with E-state index in [4.69, 9.17) is 4.74 Å². The fraction of sp³-hybridized carbons (Fsp3) is 0.650. The molecule has 0 spiro atoms. The molecule has 122 valence electrons. The smallest absolute Gasteiger partial charge is 0.136 e. The van der Waals surface area contributed by atoms with Crippen LogP contribution < -0.4 is 0 Å². The molecule has 2 rings (SSSR count). The molecule has 0 aliphatic heterocycles. The van der Waals surface area contributed by atoms with Crippen LogP contribution in [0, 0.1) is 5.92 Å². The molecule has 2 nitrogen and oxygen atoms in total. The van der Waals surface area contributed by atoms with Gasteiger partial charge in [0.25, 0.3) is 0 Å². The normalized spacial score (nSPS) is 22.3. The number of ether oxygens (including phenoxy) is 1. The van der Waals surface area contributed by atoms with E-state index in [1.807, 2.05) is 6.92 Å². The van der Waals surface area contributed by atoms with E-state index in [0.717, 1.165) is 38.9 Å². The molecular formula is C20H30O2. The molecule has 22 heavy (non-hydrogen) atoms. The molecule has 2 heteroatoms. The maximum atomic E-state index is 12.2. The molecule has 1 saturated carbocycles. The number of hydrogen-bond acceptors (Lipinski definition) is 2. The maximum absolute atomic E-state index is 12.2. The predicted octanol–water partition coefficient (Wildman–Crippen LogP) is 4.86. The third kappa shape index (κ3) is 4.19. The van der Waals surface area contributed by atoms with Gasteiger partial charge in [-0.05, 0) is 48.6 Å². The second kappa shape index (κ2) is 7.41. The molecule has 1 aliphatic carbocycles. The minimum Gasteiger partial charge on any atom is -0.382 e. The fourth-order valence-electron chi connectivity index (χ4n) is 3.45. The zero-order valence-electron chi connectivity index (χ0n) is 14.5. The Morgan fingerprint density at radius 3 is 2.45 bits per heavy atom. The summed E-state index contributed by atoms with van der Waals surface area (Å²) in [5.74, 6) is 1.05. The van der Waals surface area contributed by atoms with Crippen LogP contribution in [0.1, 0.15) is 70.4 Å². The molecule has 2 atom stereocenters. The van der Waals surface area contributed by atoms with Gasteiger partial charge in [0.15, 0.2) is 0 Å². The van der Waals surface area contributed by atoms with Crippen molar-refractivity contribution in [2.24, 2.45) is 5.92 Å². The first-order valence-corrected chi connectivity index (χ1v) is 8.64. The number of rotatable bonds is 6. The van der Waals surface area contributed by atoms with Gasteiger partial charge in [0.2, 0.25) is 0 Å². The van der Waals surface area contributed by atoms with E-state index >= 15 is 0 Å². The van der Waals surface area contributed by atoms with Crippen molar-refractivity contribution in [3.05, 3.63) is 35.4 Å². The van der Waals surface area contributed by atoms with Crippen LogP contribution in [-0.4, -0.2) is 19.0 Å². The van der Waals surface area contributed by atoms with E-state index in [1.54, 1.807) is 0 Å². The number of hydrogen-bond donors (Lipinski definition) is 0. The Hall–Kier alpha value is -1.15. The molecule has 0 amide bonds. The summed E-state index contributed by atoms with van der Waals surface area (Å²) in [7, 11) is 0. The van der Waals surface area contributed by atoms with Crippen molar-refractivity contribution >= 4 is 5.78 Å². The quantitative estimate of drug-likeness (QED) is 0.701. The van der Waals surface area contributed by atoms with Crippen LogP contribution in [0.3, 0.4) is 0 Å². The molecular weight excluding hydrogens is 272 g/mol. The summed E-state index contributed by atoms with van der Waals surface area (Å²) in [6.45, 7) is 10.2. The van der Waals surface area contributed by atoms with Gasteiger partial charge in [0, 0.05) is 25.6 Å². The van der Waals surface area contributed by atoms with Crippen molar-refractivity contribution in [3.8, 4) is 0 Å². The molecule has 1 fully saturated rings. The van der Waals surface area contributed by atoms with Gasteiger partial charge in [-0.2, -0.15) is 0 Å². The van der Waals surface area contributed by atoms with Gasteiger partial charge < -0.3 is 4.74 Å². The standard InChI is InChI=1S/C20H30O2/c1-5-22-14-6-7-18-17(12-13-19(18)21)15-8-10-16(11-9-15)20(2,3)4/h8-11,17-18H,5-7,12-14H2,1-4H3. The highest BCUT2D eigenvalue weighted by atomic mass is 16.5. The minimum absolute atomic E-state index is 0.181. The van der Waals surface area contributed by atoms with E-state index in [0.29, 0.717) is 11.7 Å². The molecule has 0 aromatic heterocycles. The van der Waals surface area contributed by atoms with Crippen LogP contribution in [0.4, 0.5) is 0 Å². The van der Waals surface area contributed by atoms with Crippen LogP contribution in [-0.2, 0) is 14.9 Å². The molecule has 1 aromatic rings. The SMILES string of the molecule is CCOCCCC1C(=O)CCC1c1ccc(C(C)(C)C)cc1. The first-order chi connectivity index (χ1) is 10.4. The molecule has 0 heterocycles. The van der Waals surface area contributed by atoms with E-state index in [1.165, 1.54) is 11.1 Å². The molecule has 0 bridgehead atoms. The highest BCUT2D eigenvalue weighted by Crippen LogP contribution is 2.40. The van der Waals surface area contributed by atoms with Gasteiger partial charge in [-0.25, -0.2) is 0 Å². The third-order valence-corrected chi connectivity index (χ3v) is 4.81. The molecule has 1 aromatic carbocycles. The summed E-state index contributed by atoms with van der Waals surface area (Å²) >= 11 is 0. The Labute approximate surface area is 135 Å². The lowest BCUT2D eigenvalue weighted by molar-refractivity contribution is -0.121. The number of Topliss-reactive ketones (excluding diaryl/α,β-unsaturated/α-hetero) is 1. The maximum Gasteiger partial charge on any atom is 0.136 e. The van der Waals surface area contributed by atoms with Crippen LogP contribution in [0.5, 0.6) is 0 Å². The van der Waals surface area contributed by atoms with Gasteiger partial charge in [-0.15, -0.1) is 0 Å². The number of ketones is 1. The highest BCUT2D eigenvalue weighted by Gasteiger charge is 2.35. The van der Waals surface area contributed by atoms with Gasteiger partial charge in [0.05, 0.1) is 0 Å². The largest absolute Gasteiger partial charge is 0.382 e. The fourth-order valence-corrected chi connectivity index (χ4v) is 3.45. The number of benzene rings is 1. The number of carbonyl (C=O) groups is 1. The van der Waals surface area contributed by atoms with Gasteiger partial charge in [-0.1, -0.05) is 45.0 Å². The first kappa shape index (κ1) is 17.2. The van der Waals surface area contributed by atoms with Crippen molar-refractivity contribution in [2.45, 2.75) is 64.7 Å². The minimum atomic E-state index is 0.181. The zero-order valence-corrected chi connectivity index (χ0v) is 14.5. The van der Waals surface area contributed by atoms with Crippen molar-refractivity contribution in [3.63, 3.8) is 0 Å². The van der Waals surface area contributed by atoms with E-state index < -0.39 is 0 Å². The Morgan fingerprint density at radius 2 is 1.86 bits per heavy atom. The lowest BCUT2D eigenvalue weighted by atomic mass is 9.82. The predicted molar refractivity (Wildman–Crippen MR) is 91.3 cm³/mol. The average Bonchev–Trinajstić information content (AvgIpc) is 2.84. The number of carbonyl (C=O) groups excluding carboxylic acids is 1. The van der Waals surface area contributed by atoms with Gasteiger partial charge >= 0.3 is 0 Å². The summed E-state index contributed by atoms with van der Waals surface area (Å²) in [5.41, 5.74) is 2.87. The second-order valence-corrected chi connectivity index (χ2v) is 7.43. The first-order valence-electron chi connectivity index (χ1n) is 8.64. The summed E-state index contributed by atoms with van der Waals surface area (Å²) in [4.78, 5) is 12.2. The summed E-state index contributed by atoms with van der Waals surface area (Å²) in [5, 5.41) is 0. The monoisotopic (exact) mass is 302 g/mol. The highest BCUT2D eigenvalue weighted by molar-refractivity contribution is 5.84. The third-order valence-electron chi connectivity index (χ3n) is 4.81. The molecule has 0 radical (unpaired) electrons. The van der Waals surface area contributed by atoms with E-state index in [-0.39, 0.29) is 11.3 Å². The van der Waals surface area contributed by atoms with Crippen LogP contribution >= 0.6 is 0 Å². The topological polar surface area (TPSA) is 26.3 Å². The Balaban J connectivity index is 2.04. The molecule has 2 unspecified atom stereocenters.